The molecule has 0 fully saturated rings. The summed E-state index contributed by atoms with van der Waals surface area (Å²) in [5.41, 5.74) is 5.63. The third kappa shape index (κ3) is 3.85. The number of nitrogens with zero attached hydrogens (tertiary/aromatic N) is 1. The maximum Gasteiger partial charge on any atom is 0.416 e. The van der Waals surface area contributed by atoms with Gasteiger partial charge in [-0.3, -0.25) is 10.1 Å². The quantitative estimate of drug-likeness (QED) is 0.660. The summed E-state index contributed by atoms with van der Waals surface area (Å²) in [5.74, 6) is 0. The van der Waals surface area contributed by atoms with Crippen molar-refractivity contribution < 1.29 is 18.1 Å². The van der Waals surface area contributed by atoms with E-state index in [1.54, 1.807) is 0 Å². The summed E-state index contributed by atoms with van der Waals surface area (Å²) < 4.78 is 37.1. The maximum atomic E-state index is 12.4. The van der Waals surface area contributed by atoms with Crippen molar-refractivity contribution in [1.82, 2.24) is 0 Å². The van der Waals surface area contributed by atoms with Crippen molar-refractivity contribution in [2.45, 2.75) is 6.18 Å². The molecule has 2 aromatic carbocycles. The Balaban J connectivity index is 1.98. The molecule has 0 spiro atoms. The molecule has 0 aliphatic rings. The van der Waals surface area contributed by atoms with Gasteiger partial charge < -0.3 is 10.9 Å². The van der Waals surface area contributed by atoms with Crippen molar-refractivity contribution in [2.24, 2.45) is 0 Å². The second kappa shape index (κ2) is 5.70. The fourth-order valence-electron chi connectivity index (χ4n) is 1.55. The van der Waals surface area contributed by atoms with Gasteiger partial charge in [-0.1, -0.05) is 0 Å². The Hall–Kier alpha value is -2.77. The normalized spacial score (nSPS) is 11.0. The van der Waals surface area contributed by atoms with Crippen LogP contribution in [0.1, 0.15) is 5.56 Å². The summed E-state index contributed by atoms with van der Waals surface area (Å²) in [6, 6.07) is 10.1. The van der Waals surface area contributed by atoms with Crippen molar-refractivity contribution in [2.75, 3.05) is 10.9 Å². The summed E-state index contributed by atoms with van der Waals surface area (Å²) in [7, 11) is 0. The molecule has 0 amide bonds. The summed E-state index contributed by atoms with van der Waals surface area (Å²) >= 11 is 0. The molecule has 2 rings (SSSR count). The van der Waals surface area contributed by atoms with Crippen LogP contribution in [-0.2, 0) is 6.18 Å². The molecule has 0 atom stereocenters. The van der Waals surface area contributed by atoms with Crippen molar-refractivity contribution in [3.05, 3.63) is 64.2 Å². The molecule has 0 aliphatic heterocycles. The molecule has 0 aliphatic carbocycles. The lowest BCUT2D eigenvalue weighted by Crippen LogP contribution is -2.09. The lowest BCUT2D eigenvalue weighted by molar-refractivity contribution is -0.384. The van der Waals surface area contributed by atoms with E-state index in [0.29, 0.717) is 11.4 Å². The number of anilines is 2. The molecule has 2 aromatic rings. The van der Waals surface area contributed by atoms with Gasteiger partial charge in [-0.25, -0.2) is 0 Å². The largest absolute Gasteiger partial charge is 0.416 e. The minimum atomic E-state index is -4.37. The number of halogens is 3. The zero-order valence-electron chi connectivity index (χ0n) is 10.5. The highest BCUT2D eigenvalue weighted by Crippen LogP contribution is 2.29. The highest BCUT2D eigenvalue weighted by atomic mass is 19.4. The highest BCUT2D eigenvalue weighted by Gasteiger charge is 2.29. The predicted octanol–water partition coefficient (Wildman–Crippen LogP) is 4.05. The fourth-order valence-corrected chi connectivity index (χ4v) is 1.55. The number of nitrogens with one attached hydrogen (secondary N) is 2. The van der Waals surface area contributed by atoms with Crippen molar-refractivity contribution >= 4 is 17.1 Å². The van der Waals surface area contributed by atoms with Crippen LogP contribution in [0.15, 0.2) is 48.5 Å². The van der Waals surface area contributed by atoms with Crippen LogP contribution in [0.5, 0.6) is 0 Å². The third-order valence-corrected chi connectivity index (χ3v) is 2.64. The molecule has 0 bridgehead atoms. The van der Waals surface area contributed by atoms with E-state index in [9.17, 15) is 23.3 Å². The van der Waals surface area contributed by atoms with Gasteiger partial charge in [0.15, 0.2) is 0 Å². The highest BCUT2D eigenvalue weighted by molar-refractivity contribution is 5.54. The molecule has 0 heterocycles. The number of hydrogen-bond acceptors (Lipinski definition) is 4. The first-order valence-corrected chi connectivity index (χ1v) is 5.80. The molecular weight excluding hydrogens is 287 g/mol. The summed E-state index contributed by atoms with van der Waals surface area (Å²) in [6.07, 6.45) is -4.37. The molecule has 2 N–H and O–H groups in total. The van der Waals surface area contributed by atoms with E-state index < -0.39 is 16.7 Å². The Morgan fingerprint density at radius 3 is 1.67 bits per heavy atom. The fraction of sp³-hybridized carbons (Fsp3) is 0.0769. The maximum absolute atomic E-state index is 12.4. The van der Waals surface area contributed by atoms with Crippen LogP contribution >= 0.6 is 0 Å². The molecular formula is C13H10F3N3O2. The summed E-state index contributed by atoms with van der Waals surface area (Å²) in [6.45, 7) is 0. The van der Waals surface area contributed by atoms with E-state index in [1.165, 1.54) is 36.4 Å². The Morgan fingerprint density at radius 2 is 1.29 bits per heavy atom. The number of rotatable bonds is 4. The average molecular weight is 297 g/mol. The van der Waals surface area contributed by atoms with Crippen molar-refractivity contribution in [1.29, 1.82) is 0 Å². The Kier molecular flexibility index (Phi) is 3.97. The first-order chi connectivity index (χ1) is 9.86. The third-order valence-electron chi connectivity index (χ3n) is 2.64. The lowest BCUT2D eigenvalue weighted by atomic mass is 10.2. The van der Waals surface area contributed by atoms with Gasteiger partial charge in [-0.05, 0) is 36.4 Å². The standard InChI is InChI=1S/C13H10F3N3O2/c14-13(15,16)9-1-3-10(4-2-9)17-18-11-5-7-12(8-6-11)19(20)21/h1-8,17-18H. The Bertz CT molecular complexity index is 625. The first-order valence-electron chi connectivity index (χ1n) is 5.80. The van der Waals surface area contributed by atoms with Crippen LogP contribution < -0.4 is 10.9 Å². The van der Waals surface area contributed by atoms with Gasteiger partial charge in [0.05, 0.1) is 21.9 Å². The summed E-state index contributed by atoms with van der Waals surface area (Å²) in [4.78, 5) is 9.96. The van der Waals surface area contributed by atoms with E-state index in [-0.39, 0.29) is 5.69 Å². The number of alkyl halides is 3. The van der Waals surface area contributed by atoms with Crippen LogP contribution in [0.4, 0.5) is 30.2 Å². The molecule has 0 saturated heterocycles. The molecule has 0 aromatic heterocycles. The topological polar surface area (TPSA) is 67.2 Å². The summed E-state index contributed by atoms with van der Waals surface area (Å²) in [5, 5.41) is 10.5. The molecule has 0 radical (unpaired) electrons. The molecule has 0 unspecified atom stereocenters. The molecule has 8 heteroatoms. The number of nitro groups is 1. The van der Waals surface area contributed by atoms with Gasteiger partial charge in [0.25, 0.3) is 5.69 Å². The van der Waals surface area contributed by atoms with Gasteiger partial charge >= 0.3 is 6.18 Å². The zero-order valence-corrected chi connectivity index (χ0v) is 10.5. The van der Waals surface area contributed by atoms with Gasteiger partial charge in [0.1, 0.15) is 0 Å². The average Bonchev–Trinajstić information content (AvgIpc) is 2.45. The predicted molar refractivity (Wildman–Crippen MR) is 71.8 cm³/mol. The van der Waals surface area contributed by atoms with Crippen LogP contribution in [0.3, 0.4) is 0 Å². The molecule has 0 saturated carbocycles. The number of non-ortho nitro benzene ring substituents is 1. The minimum Gasteiger partial charge on any atom is -0.301 e. The second-order valence-corrected chi connectivity index (χ2v) is 4.13. The van der Waals surface area contributed by atoms with E-state index in [0.717, 1.165) is 12.1 Å². The number of hydrogen-bond donors (Lipinski definition) is 2. The Labute approximate surface area is 117 Å². The van der Waals surface area contributed by atoms with E-state index >= 15 is 0 Å². The monoisotopic (exact) mass is 297 g/mol. The smallest absolute Gasteiger partial charge is 0.301 e. The SMILES string of the molecule is O=[N+]([O-])c1ccc(NNc2ccc(C(F)(F)F)cc2)cc1. The van der Waals surface area contributed by atoms with Gasteiger partial charge in [0, 0.05) is 12.1 Å². The van der Waals surface area contributed by atoms with E-state index in [1.807, 2.05) is 0 Å². The van der Waals surface area contributed by atoms with Gasteiger partial charge in [0.2, 0.25) is 0 Å². The van der Waals surface area contributed by atoms with E-state index in [4.69, 9.17) is 0 Å². The van der Waals surface area contributed by atoms with E-state index in [2.05, 4.69) is 10.9 Å². The zero-order chi connectivity index (χ0) is 15.5. The molecule has 5 nitrogen and oxygen atoms in total. The molecule has 110 valence electrons. The van der Waals surface area contributed by atoms with Gasteiger partial charge in [-0.2, -0.15) is 13.2 Å². The minimum absolute atomic E-state index is 0.0462. The number of hydrazine groups is 1. The first kappa shape index (κ1) is 14.6. The lowest BCUT2D eigenvalue weighted by Gasteiger charge is -2.11. The number of nitro benzene ring substituents is 1. The van der Waals surface area contributed by atoms with Crippen LogP contribution in [0, 0.1) is 10.1 Å². The van der Waals surface area contributed by atoms with Crippen LogP contribution in [0.2, 0.25) is 0 Å². The van der Waals surface area contributed by atoms with Crippen LogP contribution in [-0.4, -0.2) is 4.92 Å². The number of benzene rings is 2. The van der Waals surface area contributed by atoms with Crippen molar-refractivity contribution in [3.63, 3.8) is 0 Å². The second-order valence-electron chi connectivity index (χ2n) is 4.13. The van der Waals surface area contributed by atoms with Crippen LogP contribution in [0.25, 0.3) is 0 Å². The van der Waals surface area contributed by atoms with Gasteiger partial charge in [-0.15, -0.1) is 0 Å². The molecule has 21 heavy (non-hydrogen) atoms. The van der Waals surface area contributed by atoms with Crippen molar-refractivity contribution in [3.8, 4) is 0 Å². The Morgan fingerprint density at radius 1 is 0.857 bits per heavy atom.